The largest absolute Gasteiger partial charge is 0.264 e. The van der Waals surface area contributed by atoms with E-state index in [0.29, 0.717) is 5.69 Å². The number of sulfonamides is 1. The van der Waals surface area contributed by atoms with Crippen molar-refractivity contribution in [3.63, 3.8) is 0 Å². The maximum absolute atomic E-state index is 12.9. The highest BCUT2D eigenvalue weighted by atomic mass is 32.2. The summed E-state index contributed by atoms with van der Waals surface area (Å²) in [5.41, 5.74) is 2.32. The molecular weight excluding hydrogens is 329 g/mol. The van der Waals surface area contributed by atoms with Gasteiger partial charge in [-0.1, -0.05) is 0 Å². The lowest BCUT2D eigenvalue weighted by Crippen LogP contribution is -2.23. The van der Waals surface area contributed by atoms with Crippen LogP contribution in [0.5, 0.6) is 0 Å². The number of aromatic nitrogens is 2. The minimum atomic E-state index is -3.70. The number of hydrogen-bond acceptors (Lipinski definition) is 4. The Bertz CT molecular complexity index is 930. The van der Waals surface area contributed by atoms with E-state index < -0.39 is 15.8 Å². The van der Waals surface area contributed by atoms with Crippen LogP contribution >= 0.6 is 0 Å². The second-order valence-corrected chi connectivity index (χ2v) is 6.84. The summed E-state index contributed by atoms with van der Waals surface area (Å²) in [4.78, 5) is 8.32. The highest BCUT2D eigenvalue weighted by Gasteiger charge is 2.13. The van der Waals surface area contributed by atoms with Crippen molar-refractivity contribution in [1.29, 1.82) is 0 Å². The van der Waals surface area contributed by atoms with Crippen LogP contribution in [-0.4, -0.2) is 18.4 Å². The van der Waals surface area contributed by atoms with Gasteiger partial charge in [0.05, 0.1) is 10.6 Å². The molecular formula is C17H14FN3O2S. The number of halogens is 1. The van der Waals surface area contributed by atoms with Gasteiger partial charge in [0.2, 0.25) is 10.0 Å². The minimum absolute atomic E-state index is 0.0189. The zero-order valence-electron chi connectivity index (χ0n) is 12.6. The van der Waals surface area contributed by atoms with E-state index in [9.17, 15) is 12.8 Å². The van der Waals surface area contributed by atoms with Gasteiger partial charge in [-0.25, -0.2) is 17.5 Å². The van der Waals surface area contributed by atoms with Crippen LogP contribution in [0.15, 0.2) is 72.0 Å². The molecule has 7 heteroatoms. The number of hydrogen-bond donors (Lipinski definition) is 1. The van der Waals surface area contributed by atoms with Gasteiger partial charge in [0.1, 0.15) is 5.82 Å². The van der Waals surface area contributed by atoms with Gasteiger partial charge in [-0.05, 0) is 54.1 Å². The van der Waals surface area contributed by atoms with Gasteiger partial charge in [0.15, 0.2) is 0 Å². The van der Waals surface area contributed by atoms with E-state index in [1.165, 1.54) is 12.1 Å². The van der Waals surface area contributed by atoms with E-state index >= 15 is 0 Å². The number of pyridine rings is 2. The first-order valence-corrected chi connectivity index (χ1v) is 8.63. The second kappa shape index (κ2) is 6.86. The monoisotopic (exact) mass is 343 g/mol. The summed E-state index contributed by atoms with van der Waals surface area (Å²) in [6, 6.07) is 11.9. The van der Waals surface area contributed by atoms with Crippen LogP contribution in [0.4, 0.5) is 4.39 Å². The molecule has 0 radical (unpaired) electrons. The molecule has 5 nitrogen and oxygen atoms in total. The Labute approximate surface area is 139 Å². The molecule has 0 fully saturated rings. The Morgan fingerprint density at radius 3 is 2.54 bits per heavy atom. The molecule has 0 spiro atoms. The first-order chi connectivity index (χ1) is 11.5. The van der Waals surface area contributed by atoms with E-state index in [1.54, 1.807) is 36.8 Å². The van der Waals surface area contributed by atoms with Gasteiger partial charge in [0, 0.05) is 30.7 Å². The quantitative estimate of drug-likeness (QED) is 0.773. The first-order valence-electron chi connectivity index (χ1n) is 7.15. The fourth-order valence-corrected chi connectivity index (χ4v) is 3.15. The van der Waals surface area contributed by atoms with E-state index in [4.69, 9.17) is 0 Å². The van der Waals surface area contributed by atoms with Gasteiger partial charge in [-0.3, -0.25) is 9.97 Å². The maximum atomic E-state index is 12.9. The van der Waals surface area contributed by atoms with E-state index in [0.717, 1.165) is 23.3 Å². The summed E-state index contributed by atoms with van der Waals surface area (Å²) in [5.74, 6) is -0.482. The lowest BCUT2D eigenvalue weighted by atomic mass is 10.1. The molecule has 0 unspecified atom stereocenters. The minimum Gasteiger partial charge on any atom is -0.264 e. The fraction of sp³-hybridized carbons (Fsp3) is 0.0588. The fourth-order valence-electron chi connectivity index (χ4n) is 2.13. The number of benzene rings is 1. The van der Waals surface area contributed by atoms with Crippen molar-refractivity contribution in [3.8, 4) is 11.3 Å². The summed E-state index contributed by atoms with van der Waals surface area (Å²) < 4.78 is 39.8. The van der Waals surface area contributed by atoms with Crippen LogP contribution in [0.25, 0.3) is 11.3 Å². The van der Waals surface area contributed by atoms with Gasteiger partial charge in [0.25, 0.3) is 0 Å². The van der Waals surface area contributed by atoms with Crippen LogP contribution in [-0.2, 0) is 16.6 Å². The van der Waals surface area contributed by atoms with Crippen molar-refractivity contribution in [1.82, 2.24) is 14.7 Å². The lowest BCUT2D eigenvalue weighted by Gasteiger charge is -2.08. The molecule has 2 aromatic heterocycles. The van der Waals surface area contributed by atoms with Crippen molar-refractivity contribution in [2.75, 3.05) is 0 Å². The highest BCUT2D eigenvalue weighted by molar-refractivity contribution is 7.89. The zero-order valence-corrected chi connectivity index (χ0v) is 13.4. The molecule has 0 aliphatic heterocycles. The highest BCUT2D eigenvalue weighted by Crippen LogP contribution is 2.17. The van der Waals surface area contributed by atoms with Gasteiger partial charge < -0.3 is 0 Å². The molecule has 3 aromatic rings. The Balaban J connectivity index is 1.76. The molecule has 0 saturated heterocycles. The third-order valence-electron chi connectivity index (χ3n) is 3.37. The molecule has 3 rings (SSSR count). The molecule has 0 bridgehead atoms. The average Bonchev–Trinajstić information content (AvgIpc) is 2.61. The first kappa shape index (κ1) is 16.2. The third kappa shape index (κ3) is 3.81. The standard InChI is InChI=1S/C17H14FN3O2S/c18-15-3-5-16(6-4-15)24(22,23)21-11-13-7-9-20-17(10-13)14-2-1-8-19-12-14/h1-10,12,21H,11H2. The second-order valence-electron chi connectivity index (χ2n) is 5.07. The molecule has 1 N–H and O–H groups in total. The SMILES string of the molecule is O=S(=O)(NCc1ccnc(-c2cccnc2)c1)c1ccc(F)cc1. The Hall–Kier alpha value is -2.64. The van der Waals surface area contributed by atoms with Crippen LogP contribution in [0.1, 0.15) is 5.56 Å². The van der Waals surface area contributed by atoms with E-state index in [2.05, 4.69) is 14.7 Å². The average molecular weight is 343 g/mol. The molecule has 0 saturated carbocycles. The van der Waals surface area contributed by atoms with Crippen LogP contribution in [0.2, 0.25) is 0 Å². The summed E-state index contributed by atoms with van der Waals surface area (Å²) in [7, 11) is -3.70. The van der Waals surface area contributed by atoms with E-state index in [1.807, 2.05) is 6.07 Å². The van der Waals surface area contributed by atoms with Crippen molar-refractivity contribution >= 4 is 10.0 Å². The number of nitrogens with one attached hydrogen (secondary N) is 1. The Morgan fingerprint density at radius 2 is 1.83 bits per heavy atom. The smallest absolute Gasteiger partial charge is 0.240 e. The molecule has 24 heavy (non-hydrogen) atoms. The predicted molar refractivity (Wildman–Crippen MR) is 87.9 cm³/mol. The normalized spacial score (nSPS) is 11.4. The number of rotatable bonds is 5. The lowest BCUT2D eigenvalue weighted by molar-refractivity contribution is 0.580. The maximum Gasteiger partial charge on any atom is 0.240 e. The van der Waals surface area contributed by atoms with Crippen LogP contribution in [0.3, 0.4) is 0 Å². The van der Waals surface area contributed by atoms with Gasteiger partial charge in [-0.15, -0.1) is 0 Å². The molecule has 122 valence electrons. The van der Waals surface area contributed by atoms with Gasteiger partial charge >= 0.3 is 0 Å². The molecule has 0 amide bonds. The summed E-state index contributed by atoms with van der Waals surface area (Å²) in [6.07, 6.45) is 4.98. The van der Waals surface area contributed by atoms with Crippen molar-refractivity contribution in [3.05, 3.63) is 78.5 Å². The Kier molecular flexibility index (Phi) is 4.64. The topological polar surface area (TPSA) is 72.0 Å². The molecule has 0 aliphatic rings. The van der Waals surface area contributed by atoms with Gasteiger partial charge in [-0.2, -0.15) is 0 Å². The molecule has 1 aromatic carbocycles. The summed E-state index contributed by atoms with van der Waals surface area (Å²) >= 11 is 0. The predicted octanol–water partition coefficient (Wildman–Crippen LogP) is 2.76. The van der Waals surface area contributed by atoms with Crippen LogP contribution in [0, 0.1) is 5.82 Å². The van der Waals surface area contributed by atoms with Crippen LogP contribution < -0.4 is 4.72 Å². The van der Waals surface area contributed by atoms with Crippen molar-refractivity contribution in [2.24, 2.45) is 0 Å². The third-order valence-corrected chi connectivity index (χ3v) is 4.79. The zero-order chi connectivity index (χ0) is 17.0. The molecule has 0 aliphatic carbocycles. The molecule has 0 atom stereocenters. The van der Waals surface area contributed by atoms with Crippen molar-refractivity contribution < 1.29 is 12.8 Å². The van der Waals surface area contributed by atoms with Crippen molar-refractivity contribution in [2.45, 2.75) is 11.4 Å². The Morgan fingerprint density at radius 1 is 1.04 bits per heavy atom. The summed E-state index contributed by atoms with van der Waals surface area (Å²) in [6.45, 7) is 0.107. The summed E-state index contributed by atoms with van der Waals surface area (Å²) in [5, 5.41) is 0. The molecule has 2 heterocycles. The van der Waals surface area contributed by atoms with E-state index in [-0.39, 0.29) is 11.4 Å². The number of nitrogens with zero attached hydrogens (tertiary/aromatic N) is 2.